The fourth-order valence-corrected chi connectivity index (χ4v) is 4.79. The van der Waals surface area contributed by atoms with Gasteiger partial charge in [-0.25, -0.2) is 8.42 Å². The summed E-state index contributed by atoms with van der Waals surface area (Å²) in [4.78, 5) is 0. The molecule has 6 heteroatoms. The van der Waals surface area contributed by atoms with Crippen LogP contribution in [0.1, 0.15) is 71.6 Å². The van der Waals surface area contributed by atoms with Gasteiger partial charge < -0.3 is 28.5 Å². The number of likely N-dealkylation sites (N-methyl/N-ethyl adjacent to an activating group) is 1. The Bertz CT molecular complexity index is 407. The standard InChI is InChI=1S/C18H39N2O2S.HI/c1-4-6-7-8-9-10-11-12-13-18-23(21,22)19-14-16-20(3,5-2)17-15-19;/h4-18H2,1-3H3;1H/q+1;/p-1. The summed E-state index contributed by atoms with van der Waals surface area (Å²) < 4.78 is 27.6. The Hall–Kier alpha value is 0.600. The van der Waals surface area contributed by atoms with E-state index in [1.54, 1.807) is 4.31 Å². The highest BCUT2D eigenvalue weighted by Gasteiger charge is 2.32. The van der Waals surface area contributed by atoms with Crippen LogP contribution in [0.4, 0.5) is 0 Å². The Morgan fingerprint density at radius 1 is 0.833 bits per heavy atom. The van der Waals surface area contributed by atoms with Crippen LogP contribution in [-0.2, 0) is 10.0 Å². The second-order valence-electron chi connectivity index (χ2n) is 7.43. The van der Waals surface area contributed by atoms with Gasteiger partial charge in [-0.2, -0.15) is 4.31 Å². The largest absolute Gasteiger partial charge is 1.00 e. The van der Waals surface area contributed by atoms with Gasteiger partial charge in [-0.05, 0) is 13.3 Å². The van der Waals surface area contributed by atoms with Crippen LogP contribution in [0.25, 0.3) is 0 Å². The van der Waals surface area contributed by atoms with Crippen molar-refractivity contribution in [3.8, 4) is 0 Å². The van der Waals surface area contributed by atoms with Crippen LogP contribution >= 0.6 is 0 Å². The van der Waals surface area contributed by atoms with E-state index in [2.05, 4.69) is 20.9 Å². The minimum Gasteiger partial charge on any atom is -1.00 e. The molecule has 24 heavy (non-hydrogen) atoms. The summed E-state index contributed by atoms with van der Waals surface area (Å²) in [5.41, 5.74) is 0. The molecule has 0 amide bonds. The van der Waals surface area contributed by atoms with Gasteiger partial charge in [-0.15, -0.1) is 0 Å². The first-order valence-corrected chi connectivity index (χ1v) is 11.4. The maximum atomic E-state index is 12.4. The normalized spacial score (nSPS) is 18.3. The Labute approximate surface area is 168 Å². The van der Waals surface area contributed by atoms with Crippen molar-refractivity contribution in [2.75, 3.05) is 45.5 Å². The molecule has 0 N–H and O–H groups in total. The molecule has 0 aromatic rings. The monoisotopic (exact) mass is 474 g/mol. The number of piperazine rings is 1. The van der Waals surface area contributed by atoms with Crippen LogP contribution in [0.2, 0.25) is 0 Å². The molecule has 0 atom stereocenters. The second-order valence-corrected chi connectivity index (χ2v) is 9.51. The maximum absolute atomic E-state index is 12.4. The van der Waals surface area contributed by atoms with Crippen molar-refractivity contribution in [3.05, 3.63) is 0 Å². The van der Waals surface area contributed by atoms with E-state index in [0.29, 0.717) is 18.8 Å². The molecular weight excluding hydrogens is 435 g/mol. The molecule has 1 rings (SSSR count). The van der Waals surface area contributed by atoms with Crippen LogP contribution in [0, 0.1) is 0 Å². The smallest absolute Gasteiger partial charge is 0.214 e. The van der Waals surface area contributed by atoms with Crippen molar-refractivity contribution in [2.24, 2.45) is 0 Å². The third-order valence-electron chi connectivity index (χ3n) is 5.44. The SMILES string of the molecule is CCCCCCCCCCCS(=O)(=O)N1CC[N+](C)(CC)CC1.[I-]. The molecule has 0 spiro atoms. The molecule has 0 aliphatic carbocycles. The van der Waals surface area contributed by atoms with Crippen molar-refractivity contribution in [1.82, 2.24) is 4.31 Å². The van der Waals surface area contributed by atoms with E-state index in [1.807, 2.05) is 0 Å². The zero-order chi connectivity index (χ0) is 17.2. The van der Waals surface area contributed by atoms with E-state index in [1.165, 1.54) is 44.9 Å². The molecule has 1 aliphatic rings. The summed E-state index contributed by atoms with van der Waals surface area (Å²) in [6, 6.07) is 0. The quantitative estimate of drug-likeness (QED) is 0.237. The number of unbranched alkanes of at least 4 members (excludes halogenated alkanes) is 8. The van der Waals surface area contributed by atoms with E-state index < -0.39 is 10.0 Å². The van der Waals surface area contributed by atoms with Gasteiger partial charge in [0.05, 0.1) is 45.5 Å². The van der Waals surface area contributed by atoms with Gasteiger partial charge in [0, 0.05) is 0 Å². The average Bonchev–Trinajstić information content (AvgIpc) is 2.54. The van der Waals surface area contributed by atoms with Gasteiger partial charge in [0.2, 0.25) is 10.0 Å². The Balaban J connectivity index is 0.00000529. The van der Waals surface area contributed by atoms with Gasteiger partial charge in [0.1, 0.15) is 0 Å². The molecule has 0 radical (unpaired) electrons. The topological polar surface area (TPSA) is 37.4 Å². The molecule has 0 unspecified atom stereocenters. The van der Waals surface area contributed by atoms with Crippen LogP contribution in [0.5, 0.6) is 0 Å². The molecule has 0 bridgehead atoms. The minimum atomic E-state index is -3.02. The van der Waals surface area contributed by atoms with Crippen molar-refractivity contribution in [2.45, 2.75) is 71.6 Å². The molecule has 0 aromatic carbocycles. The zero-order valence-corrected chi connectivity index (χ0v) is 19.1. The molecule has 1 saturated heterocycles. The number of rotatable bonds is 12. The van der Waals surface area contributed by atoms with Crippen LogP contribution in [0.3, 0.4) is 0 Å². The highest BCUT2D eigenvalue weighted by Crippen LogP contribution is 2.15. The van der Waals surface area contributed by atoms with Gasteiger partial charge in [0.15, 0.2) is 0 Å². The maximum Gasteiger partial charge on any atom is 0.214 e. The number of sulfonamides is 1. The summed E-state index contributed by atoms with van der Waals surface area (Å²) in [5, 5.41) is 0. The van der Waals surface area contributed by atoms with Gasteiger partial charge in [-0.1, -0.05) is 58.3 Å². The number of hydrogen-bond acceptors (Lipinski definition) is 2. The lowest BCUT2D eigenvalue weighted by Gasteiger charge is -2.40. The zero-order valence-electron chi connectivity index (χ0n) is 16.1. The van der Waals surface area contributed by atoms with Gasteiger partial charge >= 0.3 is 0 Å². The summed E-state index contributed by atoms with van der Waals surface area (Å²) in [6.07, 6.45) is 11.0. The summed E-state index contributed by atoms with van der Waals surface area (Å²) in [6.45, 7) is 8.82. The minimum absolute atomic E-state index is 0. The first-order valence-electron chi connectivity index (χ1n) is 9.75. The predicted octanol–water partition coefficient (Wildman–Crippen LogP) is 0.633. The van der Waals surface area contributed by atoms with E-state index in [0.717, 1.165) is 37.0 Å². The third-order valence-corrected chi connectivity index (χ3v) is 7.40. The lowest BCUT2D eigenvalue weighted by Crippen LogP contribution is -3.00. The van der Waals surface area contributed by atoms with E-state index in [9.17, 15) is 8.42 Å². The third kappa shape index (κ3) is 9.34. The molecular formula is C18H39IN2O2S. The fraction of sp³-hybridized carbons (Fsp3) is 1.00. The Kier molecular flexibility index (Phi) is 13.2. The van der Waals surface area contributed by atoms with E-state index >= 15 is 0 Å². The first-order chi connectivity index (χ1) is 10.9. The van der Waals surface area contributed by atoms with Crippen LogP contribution in [-0.4, -0.2) is 62.7 Å². The first kappa shape index (κ1) is 24.6. The molecule has 1 fully saturated rings. The number of quaternary nitrogens is 1. The highest BCUT2D eigenvalue weighted by atomic mass is 127. The lowest BCUT2D eigenvalue weighted by molar-refractivity contribution is -0.911. The van der Waals surface area contributed by atoms with Gasteiger partial charge in [-0.3, -0.25) is 0 Å². The Morgan fingerprint density at radius 2 is 1.29 bits per heavy atom. The summed E-state index contributed by atoms with van der Waals surface area (Å²) in [7, 11) is -0.797. The van der Waals surface area contributed by atoms with Crippen molar-refractivity contribution in [3.63, 3.8) is 0 Å². The summed E-state index contributed by atoms with van der Waals surface area (Å²) >= 11 is 0. The number of hydrogen-bond donors (Lipinski definition) is 0. The molecule has 146 valence electrons. The second kappa shape index (κ2) is 12.9. The number of halogens is 1. The molecule has 1 heterocycles. The predicted molar refractivity (Wildman–Crippen MR) is 99.0 cm³/mol. The fourth-order valence-electron chi connectivity index (χ4n) is 3.25. The van der Waals surface area contributed by atoms with Crippen LogP contribution < -0.4 is 24.0 Å². The van der Waals surface area contributed by atoms with Crippen molar-refractivity contribution in [1.29, 1.82) is 0 Å². The number of nitrogens with zero attached hydrogens (tertiary/aromatic N) is 2. The average molecular weight is 474 g/mol. The van der Waals surface area contributed by atoms with E-state index in [4.69, 9.17) is 0 Å². The Morgan fingerprint density at radius 3 is 1.75 bits per heavy atom. The highest BCUT2D eigenvalue weighted by molar-refractivity contribution is 7.89. The van der Waals surface area contributed by atoms with Crippen molar-refractivity contribution < 1.29 is 36.9 Å². The van der Waals surface area contributed by atoms with E-state index in [-0.39, 0.29) is 24.0 Å². The molecule has 4 nitrogen and oxygen atoms in total. The van der Waals surface area contributed by atoms with Crippen molar-refractivity contribution >= 4 is 10.0 Å². The molecule has 1 aliphatic heterocycles. The van der Waals surface area contributed by atoms with Crippen LogP contribution in [0.15, 0.2) is 0 Å². The molecule has 0 saturated carbocycles. The lowest BCUT2D eigenvalue weighted by atomic mass is 10.1. The molecule has 0 aromatic heterocycles. The van der Waals surface area contributed by atoms with Gasteiger partial charge in [0.25, 0.3) is 0 Å². The summed E-state index contributed by atoms with van der Waals surface area (Å²) in [5.74, 6) is 0.346.